The van der Waals surface area contributed by atoms with E-state index in [1.54, 1.807) is 12.4 Å². The zero-order chi connectivity index (χ0) is 13.4. The quantitative estimate of drug-likeness (QED) is 0.448. The van der Waals surface area contributed by atoms with Gasteiger partial charge in [0.15, 0.2) is 0 Å². The van der Waals surface area contributed by atoms with E-state index in [2.05, 4.69) is 30.7 Å². The van der Waals surface area contributed by atoms with Crippen molar-refractivity contribution in [2.45, 2.75) is 45.0 Å². The van der Waals surface area contributed by atoms with Gasteiger partial charge in [0, 0.05) is 19.9 Å². The predicted octanol–water partition coefficient (Wildman–Crippen LogP) is 2.50. The van der Waals surface area contributed by atoms with E-state index < -0.39 is 0 Å². The van der Waals surface area contributed by atoms with Crippen molar-refractivity contribution in [2.24, 2.45) is 4.99 Å². The second kappa shape index (κ2) is 7.21. The molecule has 0 amide bonds. The van der Waals surface area contributed by atoms with Crippen LogP contribution in [0.2, 0.25) is 0 Å². The van der Waals surface area contributed by atoms with Gasteiger partial charge in [0.1, 0.15) is 11.9 Å². The highest BCUT2D eigenvalue weighted by atomic mass is 16.5. The molecule has 0 saturated carbocycles. The fraction of sp³-hybridized carbons (Fsp3) is 0.643. The number of ether oxygens (including phenoxy) is 1. The van der Waals surface area contributed by atoms with Crippen molar-refractivity contribution < 1.29 is 4.74 Å². The molecule has 4 nitrogen and oxygen atoms in total. The Balaban J connectivity index is 2.42. The molecular weight excluding hydrogens is 226 g/mol. The number of rotatable bonds is 6. The second-order valence-electron chi connectivity index (χ2n) is 4.96. The Morgan fingerprint density at radius 3 is 2.83 bits per heavy atom. The molecule has 1 aliphatic rings. The normalized spacial score (nSPS) is 21.4. The first kappa shape index (κ1) is 14.8. The summed E-state index contributed by atoms with van der Waals surface area (Å²) in [5.74, 6) is 0. The number of nitrogens with one attached hydrogen (secondary N) is 1. The van der Waals surface area contributed by atoms with Crippen LogP contribution in [0.1, 0.15) is 33.1 Å². The molecule has 1 saturated heterocycles. The summed E-state index contributed by atoms with van der Waals surface area (Å²) >= 11 is 0. The van der Waals surface area contributed by atoms with Crippen molar-refractivity contribution in [1.29, 1.82) is 0 Å². The molecule has 4 heteroatoms. The minimum absolute atomic E-state index is 0.118. The highest BCUT2D eigenvalue weighted by Gasteiger charge is 2.19. The van der Waals surface area contributed by atoms with Crippen molar-refractivity contribution in [3.8, 4) is 0 Å². The molecule has 0 aliphatic carbocycles. The Labute approximate surface area is 110 Å². The highest BCUT2D eigenvalue weighted by Crippen LogP contribution is 2.14. The molecule has 0 radical (unpaired) electrons. The highest BCUT2D eigenvalue weighted by molar-refractivity contribution is 5.55. The van der Waals surface area contributed by atoms with Crippen LogP contribution < -0.4 is 5.32 Å². The van der Waals surface area contributed by atoms with Crippen LogP contribution in [0, 0.1) is 0 Å². The SMILES string of the molecule is C=C/C=C\N(C)C(C)(C)/N=C\NC1CCCCO1. The number of aliphatic imine (C=N–C) groups is 1. The van der Waals surface area contributed by atoms with Crippen molar-refractivity contribution >= 4 is 6.34 Å². The van der Waals surface area contributed by atoms with Crippen LogP contribution in [0.15, 0.2) is 29.9 Å². The molecule has 1 rings (SSSR count). The lowest BCUT2D eigenvalue weighted by Crippen LogP contribution is -2.38. The molecular formula is C14H25N3O. The lowest BCUT2D eigenvalue weighted by molar-refractivity contribution is 0.00774. The Kier molecular flexibility index (Phi) is 5.92. The zero-order valence-corrected chi connectivity index (χ0v) is 11.7. The average Bonchev–Trinajstić information content (AvgIpc) is 2.37. The van der Waals surface area contributed by atoms with Crippen molar-refractivity contribution in [3.63, 3.8) is 0 Å². The first-order valence-electron chi connectivity index (χ1n) is 6.50. The van der Waals surface area contributed by atoms with Crippen LogP contribution >= 0.6 is 0 Å². The van der Waals surface area contributed by atoms with Gasteiger partial charge < -0.3 is 15.0 Å². The van der Waals surface area contributed by atoms with E-state index in [1.807, 2.05) is 24.2 Å². The molecule has 0 aromatic carbocycles. The smallest absolute Gasteiger partial charge is 0.128 e. The second-order valence-corrected chi connectivity index (χ2v) is 4.96. The summed E-state index contributed by atoms with van der Waals surface area (Å²) in [6.07, 6.45) is 10.9. The molecule has 0 aromatic heterocycles. The van der Waals surface area contributed by atoms with E-state index in [1.165, 1.54) is 6.42 Å². The van der Waals surface area contributed by atoms with Gasteiger partial charge in [-0.2, -0.15) is 0 Å². The summed E-state index contributed by atoms with van der Waals surface area (Å²) in [5, 5.41) is 3.20. The van der Waals surface area contributed by atoms with Gasteiger partial charge in [0.25, 0.3) is 0 Å². The fourth-order valence-electron chi connectivity index (χ4n) is 1.61. The first-order valence-corrected chi connectivity index (χ1v) is 6.50. The molecule has 0 spiro atoms. The molecule has 0 aromatic rings. The summed E-state index contributed by atoms with van der Waals surface area (Å²) < 4.78 is 5.57. The fourth-order valence-corrected chi connectivity index (χ4v) is 1.61. The van der Waals surface area contributed by atoms with E-state index in [-0.39, 0.29) is 11.9 Å². The van der Waals surface area contributed by atoms with Gasteiger partial charge in [-0.1, -0.05) is 12.7 Å². The largest absolute Gasteiger partial charge is 0.359 e. The molecule has 1 atom stereocenters. The van der Waals surface area contributed by atoms with Gasteiger partial charge in [-0.25, -0.2) is 4.99 Å². The van der Waals surface area contributed by atoms with Crippen molar-refractivity contribution in [3.05, 3.63) is 24.9 Å². The van der Waals surface area contributed by atoms with E-state index >= 15 is 0 Å². The van der Waals surface area contributed by atoms with Gasteiger partial charge in [0.05, 0.1) is 6.34 Å². The Hall–Kier alpha value is -1.29. The van der Waals surface area contributed by atoms with Gasteiger partial charge in [-0.05, 0) is 39.2 Å². The maximum Gasteiger partial charge on any atom is 0.128 e. The number of allylic oxidation sites excluding steroid dienone is 2. The van der Waals surface area contributed by atoms with E-state index in [9.17, 15) is 0 Å². The zero-order valence-electron chi connectivity index (χ0n) is 11.7. The summed E-state index contributed by atoms with van der Waals surface area (Å²) in [4.78, 5) is 6.56. The van der Waals surface area contributed by atoms with E-state index in [4.69, 9.17) is 4.74 Å². The Morgan fingerprint density at radius 2 is 2.22 bits per heavy atom. The molecule has 1 heterocycles. The molecule has 1 N–H and O–H groups in total. The molecule has 0 bridgehead atoms. The number of hydrogen-bond acceptors (Lipinski definition) is 3. The maximum atomic E-state index is 5.57. The van der Waals surface area contributed by atoms with Crippen molar-refractivity contribution in [1.82, 2.24) is 10.2 Å². The standard InChI is InChI=1S/C14H25N3O/c1-5-6-10-17(4)14(2,3)16-12-15-13-9-7-8-11-18-13/h5-6,10,12-13H,1,7-9,11H2,2-4H3,(H,15,16)/b10-6-. The van der Waals surface area contributed by atoms with Crippen LogP contribution in [-0.2, 0) is 4.74 Å². The third-order valence-corrected chi connectivity index (χ3v) is 3.13. The van der Waals surface area contributed by atoms with Crippen LogP contribution in [0.3, 0.4) is 0 Å². The predicted molar refractivity (Wildman–Crippen MR) is 76.4 cm³/mol. The Bertz CT molecular complexity index is 304. The van der Waals surface area contributed by atoms with Crippen LogP contribution in [0.5, 0.6) is 0 Å². The van der Waals surface area contributed by atoms with E-state index in [0.717, 1.165) is 19.4 Å². The third kappa shape index (κ3) is 4.92. The minimum atomic E-state index is -0.290. The summed E-state index contributed by atoms with van der Waals surface area (Å²) in [5.41, 5.74) is -0.290. The van der Waals surface area contributed by atoms with Crippen LogP contribution in [0.25, 0.3) is 0 Å². The average molecular weight is 251 g/mol. The van der Waals surface area contributed by atoms with Gasteiger partial charge in [0.2, 0.25) is 0 Å². The monoisotopic (exact) mass is 251 g/mol. The number of hydrogen-bond donors (Lipinski definition) is 1. The van der Waals surface area contributed by atoms with Gasteiger partial charge in [-0.15, -0.1) is 0 Å². The summed E-state index contributed by atoms with van der Waals surface area (Å²) in [6, 6.07) is 0. The van der Waals surface area contributed by atoms with Crippen LogP contribution in [-0.4, -0.2) is 36.8 Å². The molecule has 102 valence electrons. The lowest BCUT2D eigenvalue weighted by atomic mass is 10.2. The Morgan fingerprint density at radius 1 is 1.44 bits per heavy atom. The summed E-state index contributed by atoms with van der Waals surface area (Å²) in [6.45, 7) is 8.61. The molecule has 18 heavy (non-hydrogen) atoms. The topological polar surface area (TPSA) is 36.9 Å². The molecule has 1 aliphatic heterocycles. The molecule has 1 unspecified atom stereocenters. The molecule has 1 fully saturated rings. The van der Waals surface area contributed by atoms with E-state index in [0.29, 0.717) is 0 Å². The van der Waals surface area contributed by atoms with Crippen LogP contribution in [0.4, 0.5) is 0 Å². The van der Waals surface area contributed by atoms with Crippen molar-refractivity contribution in [2.75, 3.05) is 13.7 Å². The minimum Gasteiger partial charge on any atom is -0.359 e. The van der Waals surface area contributed by atoms with Gasteiger partial charge in [-0.3, -0.25) is 0 Å². The maximum absolute atomic E-state index is 5.57. The number of nitrogens with zero attached hydrogens (tertiary/aromatic N) is 2. The summed E-state index contributed by atoms with van der Waals surface area (Å²) in [7, 11) is 1.99. The van der Waals surface area contributed by atoms with Gasteiger partial charge >= 0.3 is 0 Å². The lowest BCUT2D eigenvalue weighted by Gasteiger charge is -2.31. The first-order chi connectivity index (χ1) is 8.56. The third-order valence-electron chi connectivity index (χ3n) is 3.13.